The monoisotopic (exact) mass is 362 g/mol. The van der Waals surface area contributed by atoms with Gasteiger partial charge in [0.05, 0.1) is 12.7 Å². The second-order valence-corrected chi connectivity index (χ2v) is 6.00. The number of rotatable bonds is 8. The van der Waals surface area contributed by atoms with Gasteiger partial charge in [-0.1, -0.05) is 36.4 Å². The Morgan fingerprint density at radius 3 is 2.63 bits per heavy atom. The molecule has 27 heavy (non-hydrogen) atoms. The summed E-state index contributed by atoms with van der Waals surface area (Å²) in [7, 11) is 1.36. The first-order valence-electron chi connectivity index (χ1n) is 8.80. The van der Waals surface area contributed by atoms with Crippen LogP contribution in [-0.4, -0.2) is 29.6 Å². The van der Waals surface area contributed by atoms with Crippen LogP contribution in [-0.2, 0) is 11.2 Å². The molecule has 0 radical (unpaired) electrons. The van der Waals surface area contributed by atoms with Gasteiger partial charge in [0.15, 0.2) is 0 Å². The maximum atomic E-state index is 11.6. The van der Waals surface area contributed by atoms with Crippen molar-refractivity contribution >= 4 is 23.3 Å². The second-order valence-electron chi connectivity index (χ2n) is 6.00. The number of carbonyl (C=O) groups is 1. The number of anilines is 3. The molecular formula is C21H22N4O2. The molecule has 0 saturated carbocycles. The van der Waals surface area contributed by atoms with Crippen LogP contribution in [0.4, 0.5) is 17.3 Å². The Balaban J connectivity index is 1.55. The van der Waals surface area contributed by atoms with Crippen LogP contribution in [0.1, 0.15) is 22.3 Å². The first-order chi connectivity index (χ1) is 13.2. The normalized spacial score (nSPS) is 10.3. The van der Waals surface area contributed by atoms with Crippen molar-refractivity contribution in [1.29, 1.82) is 0 Å². The van der Waals surface area contributed by atoms with Gasteiger partial charge in [0.2, 0.25) is 0 Å². The number of methoxy groups -OCH3 is 1. The molecule has 3 aromatic rings. The molecule has 1 heterocycles. The van der Waals surface area contributed by atoms with Crippen LogP contribution in [0.25, 0.3) is 0 Å². The average molecular weight is 362 g/mol. The quantitative estimate of drug-likeness (QED) is 0.465. The van der Waals surface area contributed by atoms with E-state index >= 15 is 0 Å². The van der Waals surface area contributed by atoms with E-state index in [1.807, 2.05) is 18.2 Å². The van der Waals surface area contributed by atoms with Crippen molar-refractivity contribution in [2.45, 2.75) is 12.8 Å². The summed E-state index contributed by atoms with van der Waals surface area (Å²) in [6.45, 7) is 0.823. The zero-order chi connectivity index (χ0) is 18.9. The summed E-state index contributed by atoms with van der Waals surface area (Å²) < 4.78 is 4.75. The van der Waals surface area contributed by atoms with Gasteiger partial charge in [-0.2, -0.15) is 0 Å². The van der Waals surface area contributed by atoms with Gasteiger partial charge in [-0.15, -0.1) is 0 Å². The van der Waals surface area contributed by atoms with Crippen LogP contribution in [0.2, 0.25) is 0 Å². The number of nitrogens with zero attached hydrogens (tertiary/aromatic N) is 2. The zero-order valence-corrected chi connectivity index (χ0v) is 15.2. The third-order valence-corrected chi connectivity index (χ3v) is 4.01. The summed E-state index contributed by atoms with van der Waals surface area (Å²) in [5.41, 5.74) is 2.57. The first-order valence-corrected chi connectivity index (χ1v) is 8.80. The van der Waals surface area contributed by atoms with Crippen molar-refractivity contribution < 1.29 is 9.53 Å². The zero-order valence-electron chi connectivity index (χ0n) is 15.2. The third-order valence-electron chi connectivity index (χ3n) is 4.01. The fourth-order valence-electron chi connectivity index (χ4n) is 2.67. The highest BCUT2D eigenvalue weighted by molar-refractivity contribution is 5.90. The minimum absolute atomic E-state index is 0.373. The topological polar surface area (TPSA) is 76.1 Å². The minimum atomic E-state index is -0.373. The fourth-order valence-corrected chi connectivity index (χ4v) is 2.67. The Kier molecular flexibility index (Phi) is 6.35. The van der Waals surface area contributed by atoms with E-state index in [0.717, 1.165) is 30.9 Å². The van der Waals surface area contributed by atoms with E-state index in [1.54, 1.807) is 18.2 Å². The molecule has 1 aromatic heterocycles. The number of benzene rings is 2. The molecule has 0 bridgehead atoms. The summed E-state index contributed by atoms with van der Waals surface area (Å²) in [6.07, 6.45) is 3.54. The van der Waals surface area contributed by atoms with Gasteiger partial charge in [-0.25, -0.2) is 14.8 Å². The number of aromatic nitrogens is 2. The highest BCUT2D eigenvalue weighted by atomic mass is 16.5. The number of hydrogen-bond acceptors (Lipinski definition) is 6. The van der Waals surface area contributed by atoms with E-state index in [0.29, 0.717) is 11.4 Å². The van der Waals surface area contributed by atoms with Crippen LogP contribution in [0, 0.1) is 0 Å². The number of nitrogens with one attached hydrogen (secondary N) is 2. The Morgan fingerprint density at radius 1 is 1.00 bits per heavy atom. The third kappa shape index (κ3) is 5.54. The summed E-state index contributed by atoms with van der Waals surface area (Å²) in [5, 5.41) is 6.50. The predicted octanol–water partition coefficient (Wildman–Crippen LogP) is 4.05. The maximum absolute atomic E-state index is 11.6. The number of esters is 1. The summed E-state index contributed by atoms with van der Waals surface area (Å²) in [4.78, 5) is 20.1. The molecule has 0 fully saturated rings. The molecule has 6 heteroatoms. The van der Waals surface area contributed by atoms with Gasteiger partial charge < -0.3 is 15.4 Å². The first kappa shape index (κ1) is 18.4. The molecule has 0 aliphatic rings. The van der Waals surface area contributed by atoms with E-state index in [1.165, 1.54) is 19.0 Å². The number of hydrogen-bond donors (Lipinski definition) is 2. The van der Waals surface area contributed by atoms with Crippen molar-refractivity contribution in [1.82, 2.24) is 9.97 Å². The lowest BCUT2D eigenvalue weighted by Gasteiger charge is -2.09. The Morgan fingerprint density at radius 2 is 1.81 bits per heavy atom. The summed E-state index contributed by atoms with van der Waals surface area (Å²) in [6, 6.07) is 19.3. The summed E-state index contributed by atoms with van der Waals surface area (Å²) >= 11 is 0. The molecule has 0 unspecified atom stereocenters. The van der Waals surface area contributed by atoms with Crippen molar-refractivity contribution in [2.24, 2.45) is 0 Å². The van der Waals surface area contributed by atoms with E-state index < -0.39 is 0 Å². The molecule has 3 rings (SSSR count). The Bertz CT molecular complexity index is 884. The van der Waals surface area contributed by atoms with Crippen molar-refractivity contribution in [3.05, 3.63) is 78.1 Å². The number of aryl methyl sites for hydroxylation is 1. The lowest BCUT2D eigenvalue weighted by Crippen LogP contribution is -2.06. The molecule has 2 aromatic carbocycles. The van der Waals surface area contributed by atoms with Crippen molar-refractivity contribution in [3.8, 4) is 0 Å². The molecule has 6 nitrogen and oxygen atoms in total. The Labute approximate surface area is 158 Å². The maximum Gasteiger partial charge on any atom is 0.337 e. The SMILES string of the molecule is COC(=O)c1cccc(Nc2cc(NCCCc3ccccc3)ncn2)c1. The van der Waals surface area contributed by atoms with Crippen molar-refractivity contribution in [3.63, 3.8) is 0 Å². The molecular weight excluding hydrogens is 340 g/mol. The molecule has 0 saturated heterocycles. The highest BCUT2D eigenvalue weighted by Gasteiger charge is 2.06. The molecule has 0 aliphatic carbocycles. The number of ether oxygens (including phenoxy) is 1. The van der Waals surface area contributed by atoms with Gasteiger partial charge in [-0.05, 0) is 36.6 Å². The van der Waals surface area contributed by atoms with E-state index in [9.17, 15) is 4.79 Å². The van der Waals surface area contributed by atoms with Crippen LogP contribution in [0.5, 0.6) is 0 Å². The molecule has 138 valence electrons. The van der Waals surface area contributed by atoms with E-state index in [4.69, 9.17) is 4.74 Å². The highest BCUT2D eigenvalue weighted by Crippen LogP contribution is 2.18. The fraction of sp³-hybridized carbons (Fsp3) is 0.190. The van der Waals surface area contributed by atoms with E-state index in [2.05, 4.69) is 44.9 Å². The van der Waals surface area contributed by atoms with Crippen LogP contribution < -0.4 is 10.6 Å². The molecule has 0 aliphatic heterocycles. The van der Waals surface area contributed by atoms with Gasteiger partial charge in [-0.3, -0.25) is 0 Å². The number of carbonyl (C=O) groups excluding carboxylic acids is 1. The van der Waals surface area contributed by atoms with Crippen LogP contribution in [0.15, 0.2) is 67.0 Å². The largest absolute Gasteiger partial charge is 0.465 e. The smallest absolute Gasteiger partial charge is 0.337 e. The van der Waals surface area contributed by atoms with Gasteiger partial charge >= 0.3 is 5.97 Å². The molecule has 0 spiro atoms. The average Bonchev–Trinajstić information content (AvgIpc) is 2.72. The lowest BCUT2D eigenvalue weighted by molar-refractivity contribution is 0.0601. The second kappa shape index (κ2) is 9.33. The molecule has 0 atom stereocenters. The Hall–Kier alpha value is -3.41. The van der Waals surface area contributed by atoms with Crippen LogP contribution >= 0.6 is 0 Å². The van der Waals surface area contributed by atoms with Gasteiger partial charge in [0.1, 0.15) is 18.0 Å². The molecule has 0 amide bonds. The standard InChI is InChI=1S/C21H22N4O2/c1-27-21(26)17-10-5-11-18(13-17)25-20-14-19(23-15-24-20)22-12-6-9-16-7-3-2-4-8-16/h2-5,7-8,10-11,13-15H,6,9,12H2,1H3,(H2,22,23,24,25). The minimum Gasteiger partial charge on any atom is -0.465 e. The van der Waals surface area contributed by atoms with Gasteiger partial charge in [0.25, 0.3) is 0 Å². The summed E-state index contributed by atoms with van der Waals surface area (Å²) in [5.74, 6) is 1.03. The van der Waals surface area contributed by atoms with E-state index in [-0.39, 0.29) is 5.97 Å². The van der Waals surface area contributed by atoms with Gasteiger partial charge in [0, 0.05) is 18.3 Å². The van der Waals surface area contributed by atoms with Crippen LogP contribution in [0.3, 0.4) is 0 Å². The molecule has 2 N–H and O–H groups in total. The lowest BCUT2D eigenvalue weighted by atomic mass is 10.1. The van der Waals surface area contributed by atoms with Crippen molar-refractivity contribution in [2.75, 3.05) is 24.3 Å². The predicted molar refractivity (Wildman–Crippen MR) is 106 cm³/mol.